The third kappa shape index (κ3) is 2.45. The summed E-state index contributed by atoms with van der Waals surface area (Å²) in [5, 5.41) is 7.86. The molecule has 0 amide bonds. The van der Waals surface area contributed by atoms with E-state index in [1.165, 1.54) is 10.1 Å². The molecule has 3 heterocycles. The largest absolute Gasteiger partial charge is 0.497 e. The van der Waals surface area contributed by atoms with Gasteiger partial charge in [-0.3, -0.25) is 0 Å². The molecule has 0 unspecified atom stereocenters. The number of fused-ring (bicyclic) bond motifs is 2. The van der Waals surface area contributed by atoms with Crippen molar-refractivity contribution in [3.8, 4) is 28.0 Å². The minimum absolute atomic E-state index is 0.555. The van der Waals surface area contributed by atoms with Crippen LogP contribution in [-0.4, -0.2) is 21.7 Å². The van der Waals surface area contributed by atoms with Crippen LogP contribution in [0.5, 0.6) is 5.75 Å². The number of aromatic nitrogens is 3. The van der Waals surface area contributed by atoms with Crippen LogP contribution in [0.25, 0.3) is 38.0 Å². The molecule has 0 saturated heterocycles. The molecule has 0 aliphatic carbocycles. The maximum atomic E-state index is 6.44. The molecule has 0 atom stereocenters. The van der Waals surface area contributed by atoms with E-state index in [0.29, 0.717) is 5.82 Å². The Kier molecular flexibility index (Phi) is 3.58. The molecule has 0 radical (unpaired) electrons. The van der Waals surface area contributed by atoms with E-state index in [1.54, 1.807) is 29.2 Å². The second-order valence-corrected chi connectivity index (χ2v) is 7.14. The molecule has 132 valence electrons. The number of hydrogen-bond donors (Lipinski definition) is 1. The lowest BCUT2D eigenvalue weighted by atomic mass is 10.1. The summed E-state index contributed by atoms with van der Waals surface area (Å²) in [5.74, 6) is 1.33. The van der Waals surface area contributed by atoms with Gasteiger partial charge in [-0.05, 0) is 29.1 Å². The molecule has 2 N–H and O–H groups in total. The maximum Gasteiger partial charge on any atom is 0.165 e. The number of rotatable bonds is 3. The molecule has 3 aromatic heterocycles. The van der Waals surface area contributed by atoms with E-state index in [4.69, 9.17) is 10.5 Å². The maximum absolute atomic E-state index is 6.44. The molecule has 0 aliphatic heterocycles. The van der Waals surface area contributed by atoms with E-state index in [0.717, 1.165) is 33.7 Å². The first-order valence-corrected chi connectivity index (χ1v) is 9.37. The molecule has 0 spiro atoms. The zero-order valence-corrected chi connectivity index (χ0v) is 15.4. The number of nitrogen functional groups attached to an aromatic ring is 1. The van der Waals surface area contributed by atoms with Gasteiger partial charge < -0.3 is 10.5 Å². The van der Waals surface area contributed by atoms with Crippen molar-refractivity contribution >= 4 is 32.9 Å². The van der Waals surface area contributed by atoms with Gasteiger partial charge in [-0.2, -0.15) is 9.61 Å². The van der Waals surface area contributed by atoms with Crippen LogP contribution in [0.2, 0.25) is 0 Å². The third-order valence-corrected chi connectivity index (χ3v) is 5.68. The molecule has 5 aromatic rings. The highest BCUT2D eigenvalue weighted by Crippen LogP contribution is 2.37. The second kappa shape index (κ2) is 6.10. The SMILES string of the molecule is COc1cccc(-c2cnc3c(-c4csc5ccccc45)cnn3c2N)c1. The highest BCUT2D eigenvalue weighted by Gasteiger charge is 2.16. The summed E-state index contributed by atoms with van der Waals surface area (Å²) in [6, 6.07) is 16.1. The fourth-order valence-electron chi connectivity index (χ4n) is 3.34. The minimum atomic E-state index is 0.555. The van der Waals surface area contributed by atoms with Crippen molar-refractivity contribution in [3.05, 3.63) is 66.3 Å². The van der Waals surface area contributed by atoms with Gasteiger partial charge in [-0.25, -0.2) is 4.98 Å². The zero-order chi connectivity index (χ0) is 18.4. The first-order valence-electron chi connectivity index (χ1n) is 8.49. The lowest BCUT2D eigenvalue weighted by Gasteiger charge is -2.09. The summed E-state index contributed by atoms with van der Waals surface area (Å²) in [7, 11) is 1.65. The molecule has 27 heavy (non-hydrogen) atoms. The van der Waals surface area contributed by atoms with Gasteiger partial charge in [0.25, 0.3) is 0 Å². The van der Waals surface area contributed by atoms with Crippen molar-refractivity contribution in [2.75, 3.05) is 12.8 Å². The highest BCUT2D eigenvalue weighted by atomic mass is 32.1. The van der Waals surface area contributed by atoms with Crippen molar-refractivity contribution in [1.82, 2.24) is 14.6 Å². The number of thiophene rings is 1. The Morgan fingerprint density at radius 1 is 1.00 bits per heavy atom. The van der Waals surface area contributed by atoms with Crippen LogP contribution in [0.4, 0.5) is 5.82 Å². The van der Waals surface area contributed by atoms with Crippen molar-refractivity contribution in [1.29, 1.82) is 0 Å². The van der Waals surface area contributed by atoms with Crippen LogP contribution in [0.3, 0.4) is 0 Å². The predicted molar refractivity (Wildman–Crippen MR) is 110 cm³/mol. The lowest BCUT2D eigenvalue weighted by molar-refractivity contribution is 0.415. The van der Waals surface area contributed by atoms with Crippen LogP contribution in [0.15, 0.2) is 66.3 Å². The molecule has 6 heteroatoms. The fraction of sp³-hybridized carbons (Fsp3) is 0.0476. The molecule has 0 saturated carbocycles. The number of benzene rings is 2. The smallest absolute Gasteiger partial charge is 0.165 e. The molecule has 0 aliphatic rings. The summed E-state index contributed by atoms with van der Waals surface area (Å²) in [6.07, 6.45) is 3.64. The van der Waals surface area contributed by atoms with Crippen LogP contribution in [-0.2, 0) is 0 Å². The Bertz CT molecular complexity index is 1290. The van der Waals surface area contributed by atoms with E-state index < -0.39 is 0 Å². The van der Waals surface area contributed by atoms with Crippen LogP contribution in [0.1, 0.15) is 0 Å². The van der Waals surface area contributed by atoms with Gasteiger partial charge in [0, 0.05) is 33.0 Å². The van der Waals surface area contributed by atoms with Gasteiger partial charge in [-0.15, -0.1) is 11.3 Å². The summed E-state index contributed by atoms with van der Waals surface area (Å²) >= 11 is 1.72. The van der Waals surface area contributed by atoms with Crippen molar-refractivity contribution in [3.63, 3.8) is 0 Å². The molecular weight excluding hydrogens is 356 g/mol. The Hall–Kier alpha value is -3.38. The number of nitrogens with zero attached hydrogens (tertiary/aromatic N) is 3. The predicted octanol–water partition coefficient (Wildman–Crippen LogP) is 4.87. The van der Waals surface area contributed by atoms with E-state index >= 15 is 0 Å². The van der Waals surface area contributed by atoms with Gasteiger partial charge in [-0.1, -0.05) is 30.3 Å². The molecule has 5 rings (SSSR count). The second-order valence-electron chi connectivity index (χ2n) is 6.23. The highest BCUT2D eigenvalue weighted by molar-refractivity contribution is 7.17. The number of ether oxygens (including phenoxy) is 1. The van der Waals surface area contributed by atoms with E-state index in [-0.39, 0.29) is 0 Å². The fourth-order valence-corrected chi connectivity index (χ4v) is 4.30. The lowest BCUT2D eigenvalue weighted by Crippen LogP contribution is -2.02. The molecule has 5 nitrogen and oxygen atoms in total. The van der Waals surface area contributed by atoms with E-state index in [2.05, 4.69) is 33.7 Å². The van der Waals surface area contributed by atoms with Gasteiger partial charge in [0.05, 0.1) is 13.3 Å². The number of nitrogens with two attached hydrogens (primary N) is 1. The topological polar surface area (TPSA) is 65.4 Å². The first kappa shape index (κ1) is 15.8. The Balaban J connectivity index is 1.69. The standard InChI is InChI=1S/C21H16N4OS/c1-26-14-6-4-5-13(9-14)16-10-23-21-17(11-24-25(21)20(16)22)18-12-27-19-8-3-2-7-15(18)19/h2-12H,22H2,1H3. The Labute approximate surface area is 159 Å². The molecular formula is C21H16N4OS. The van der Waals surface area contributed by atoms with E-state index in [9.17, 15) is 0 Å². The molecule has 2 aromatic carbocycles. The van der Waals surface area contributed by atoms with Crippen LogP contribution >= 0.6 is 11.3 Å². The first-order chi connectivity index (χ1) is 13.3. The van der Waals surface area contributed by atoms with Gasteiger partial charge in [0.1, 0.15) is 11.6 Å². The quantitative estimate of drug-likeness (QED) is 0.491. The van der Waals surface area contributed by atoms with Crippen LogP contribution < -0.4 is 10.5 Å². The zero-order valence-electron chi connectivity index (χ0n) is 14.6. The third-order valence-electron chi connectivity index (χ3n) is 4.72. The number of hydrogen-bond acceptors (Lipinski definition) is 5. The minimum Gasteiger partial charge on any atom is -0.497 e. The average Bonchev–Trinajstić information content (AvgIpc) is 3.32. The van der Waals surface area contributed by atoms with Gasteiger partial charge >= 0.3 is 0 Å². The van der Waals surface area contributed by atoms with E-state index in [1.807, 2.05) is 36.5 Å². The van der Waals surface area contributed by atoms with Crippen molar-refractivity contribution < 1.29 is 4.74 Å². The number of anilines is 1. The van der Waals surface area contributed by atoms with Crippen molar-refractivity contribution in [2.24, 2.45) is 0 Å². The summed E-state index contributed by atoms with van der Waals surface area (Å²) in [5.41, 5.74) is 11.1. The van der Waals surface area contributed by atoms with Crippen molar-refractivity contribution in [2.45, 2.75) is 0 Å². The normalized spacial score (nSPS) is 11.3. The summed E-state index contributed by atoms with van der Waals surface area (Å²) in [6.45, 7) is 0. The summed E-state index contributed by atoms with van der Waals surface area (Å²) < 4.78 is 8.26. The van der Waals surface area contributed by atoms with Gasteiger partial charge in [0.2, 0.25) is 0 Å². The molecule has 0 fully saturated rings. The van der Waals surface area contributed by atoms with Crippen LogP contribution in [0, 0.1) is 0 Å². The van der Waals surface area contributed by atoms with Gasteiger partial charge in [0.15, 0.2) is 5.65 Å². The Morgan fingerprint density at radius 3 is 2.78 bits per heavy atom. The monoisotopic (exact) mass is 372 g/mol. The Morgan fingerprint density at radius 2 is 1.89 bits per heavy atom. The average molecular weight is 372 g/mol. The summed E-state index contributed by atoms with van der Waals surface area (Å²) in [4.78, 5) is 4.68. The number of methoxy groups -OCH3 is 1. The molecule has 0 bridgehead atoms.